The molecule has 0 nitrogen and oxygen atoms in total. The highest BCUT2D eigenvalue weighted by Crippen LogP contribution is 2.14. The van der Waals surface area contributed by atoms with Crippen LogP contribution >= 0.6 is 0 Å². The minimum atomic E-state index is -0.585. The largest absolute Gasteiger partial charge is 0.207 e. The molecule has 2 heteroatoms. The van der Waals surface area contributed by atoms with Crippen LogP contribution in [0.1, 0.15) is 53.1 Å². The lowest BCUT2D eigenvalue weighted by Crippen LogP contribution is -1.90. The van der Waals surface area contributed by atoms with Crippen molar-refractivity contribution in [3.8, 4) is 23.7 Å². The Morgan fingerprint density at radius 3 is 1.52 bits per heavy atom. The van der Waals surface area contributed by atoms with E-state index in [1.54, 1.807) is 0 Å². The second-order valence-electron chi connectivity index (χ2n) is 6.94. The zero-order valence-electron chi connectivity index (χ0n) is 16.7. The summed E-state index contributed by atoms with van der Waals surface area (Å²) in [5.41, 5.74) is 4.30. The summed E-state index contributed by atoms with van der Waals surface area (Å²) < 4.78 is 27.2. The highest BCUT2D eigenvalue weighted by atomic mass is 19.1. The van der Waals surface area contributed by atoms with E-state index in [4.69, 9.17) is 0 Å². The van der Waals surface area contributed by atoms with Gasteiger partial charge in [0.1, 0.15) is 11.6 Å². The van der Waals surface area contributed by atoms with Crippen LogP contribution in [-0.2, 0) is 6.42 Å². The molecule has 0 bridgehead atoms. The zero-order valence-corrected chi connectivity index (χ0v) is 16.7. The van der Waals surface area contributed by atoms with Gasteiger partial charge in [-0.2, -0.15) is 0 Å². The number of unbranched alkanes of at least 4 members (excludes halogenated alkanes) is 1. The first kappa shape index (κ1) is 20.4. The lowest BCUT2D eigenvalue weighted by molar-refractivity contribution is 0.567. The highest BCUT2D eigenvalue weighted by Gasteiger charge is 2.05. The molecule has 3 rings (SSSR count). The van der Waals surface area contributed by atoms with Gasteiger partial charge in [-0.25, -0.2) is 8.78 Å². The Hall–Kier alpha value is -3.36. The van der Waals surface area contributed by atoms with Gasteiger partial charge in [-0.05, 0) is 73.9 Å². The fraction of sp³-hybridized carbons (Fsp3) is 0.185. The first-order valence-corrected chi connectivity index (χ1v) is 9.74. The molecule has 0 heterocycles. The van der Waals surface area contributed by atoms with Crippen molar-refractivity contribution >= 4 is 0 Å². The van der Waals surface area contributed by atoms with E-state index in [0.717, 1.165) is 23.1 Å². The molecule has 0 aliphatic rings. The molecular weight excluding hydrogens is 362 g/mol. The van der Waals surface area contributed by atoms with Gasteiger partial charge >= 0.3 is 0 Å². The molecule has 0 aliphatic heterocycles. The van der Waals surface area contributed by atoms with Crippen molar-refractivity contribution in [1.29, 1.82) is 0 Å². The molecule has 0 saturated carbocycles. The fourth-order valence-electron chi connectivity index (χ4n) is 2.78. The minimum Gasteiger partial charge on any atom is -0.207 e. The topological polar surface area (TPSA) is 0 Å². The first-order valence-electron chi connectivity index (χ1n) is 9.74. The summed E-state index contributed by atoms with van der Waals surface area (Å²) in [6, 6.07) is 18.4. The van der Waals surface area contributed by atoms with Gasteiger partial charge in [0.25, 0.3) is 0 Å². The number of halogens is 2. The molecule has 3 aromatic rings. The molecule has 0 atom stereocenters. The number of hydrogen-bond acceptors (Lipinski definition) is 0. The van der Waals surface area contributed by atoms with E-state index < -0.39 is 11.6 Å². The molecule has 0 aromatic heterocycles. The quantitative estimate of drug-likeness (QED) is 0.457. The molecule has 0 fully saturated rings. The summed E-state index contributed by atoms with van der Waals surface area (Å²) in [5.74, 6) is 10.9. The SMILES string of the molecule is CCCCc1ccc(C#Cc2ccc(C#Cc3cc(F)c(C)c(F)c3)cc2)cc1. The van der Waals surface area contributed by atoms with Gasteiger partial charge in [-0.3, -0.25) is 0 Å². The Labute approximate surface area is 171 Å². The predicted octanol–water partition coefficient (Wildman–Crippen LogP) is 6.42. The summed E-state index contributed by atoms with van der Waals surface area (Å²) in [6.45, 7) is 3.60. The standard InChI is InChI=1S/C27H22F2/c1-3-4-5-21-6-8-22(9-7-21)10-11-23-12-14-24(15-13-23)16-17-25-18-26(28)20(2)27(29)19-25/h6-9,12-15,18-19H,3-5H2,1-2H3. The molecule has 0 spiro atoms. The second-order valence-corrected chi connectivity index (χ2v) is 6.94. The lowest BCUT2D eigenvalue weighted by Gasteiger charge is -1.99. The normalized spacial score (nSPS) is 9.93. The van der Waals surface area contributed by atoms with Crippen LogP contribution in [0.25, 0.3) is 0 Å². The third-order valence-corrected chi connectivity index (χ3v) is 4.64. The highest BCUT2D eigenvalue weighted by molar-refractivity contribution is 5.48. The smallest absolute Gasteiger partial charge is 0.130 e. The maximum Gasteiger partial charge on any atom is 0.130 e. The Balaban J connectivity index is 1.68. The van der Waals surface area contributed by atoms with Gasteiger partial charge in [0.05, 0.1) is 0 Å². The third-order valence-electron chi connectivity index (χ3n) is 4.64. The Morgan fingerprint density at radius 2 is 1.07 bits per heavy atom. The molecule has 0 N–H and O–H groups in total. The van der Waals surface area contributed by atoms with E-state index in [0.29, 0.717) is 5.56 Å². The maximum absolute atomic E-state index is 13.6. The van der Waals surface area contributed by atoms with E-state index in [1.165, 1.54) is 37.5 Å². The van der Waals surface area contributed by atoms with Crippen molar-refractivity contribution in [3.63, 3.8) is 0 Å². The Bertz CT molecular complexity index is 1080. The number of aryl methyl sites for hydroxylation is 1. The van der Waals surface area contributed by atoms with Crippen LogP contribution in [0.2, 0.25) is 0 Å². The minimum absolute atomic E-state index is 0.00840. The monoisotopic (exact) mass is 384 g/mol. The average molecular weight is 384 g/mol. The lowest BCUT2D eigenvalue weighted by atomic mass is 10.1. The Morgan fingerprint density at radius 1 is 0.655 bits per heavy atom. The zero-order chi connectivity index (χ0) is 20.6. The van der Waals surface area contributed by atoms with Crippen molar-refractivity contribution in [3.05, 3.63) is 106 Å². The summed E-state index contributed by atoms with van der Waals surface area (Å²) >= 11 is 0. The van der Waals surface area contributed by atoms with Gasteiger partial charge in [-0.1, -0.05) is 49.2 Å². The van der Waals surface area contributed by atoms with Crippen LogP contribution in [0, 0.1) is 42.2 Å². The number of benzene rings is 3. The van der Waals surface area contributed by atoms with Crippen LogP contribution in [0.3, 0.4) is 0 Å². The summed E-state index contributed by atoms with van der Waals surface area (Å²) in [6.07, 6.45) is 3.50. The van der Waals surface area contributed by atoms with E-state index in [1.807, 2.05) is 24.3 Å². The van der Waals surface area contributed by atoms with Crippen molar-refractivity contribution in [1.82, 2.24) is 0 Å². The van der Waals surface area contributed by atoms with E-state index in [-0.39, 0.29) is 5.56 Å². The van der Waals surface area contributed by atoms with Crippen LogP contribution in [0.15, 0.2) is 60.7 Å². The van der Waals surface area contributed by atoms with Gasteiger partial charge in [0, 0.05) is 27.8 Å². The second kappa shape index (κ2) is 9.72. The molecule has 0 aliphatic carbocycles. The van der Waals surface area contributed by atoms with Crippen molar-refractivity contribution < 1.29 is 8.78 Å². The van der Waals surface area contributed by atoms with Crippen molar-refractivity contribution in [2.45, 2.75) is 33.1 Å². The first-order chi connectivity index (χ1) is 14.0. The van der Waals surface area contributed by atoms with Gasteiger partial charge < -0.3 is 0 Å². The fourth-order valence-corrected chi connectivity index (χ4v) is 2.78. The van der Waals surface area contributed by atoms with Crippen molar-refractivity contribution in [2.75, 3.05) is 0 Å². The summed E-state index contributed by atoms with van der Waals surface area (Å²) in [7, 11) is 0. The molecule has 144 valence electrons. The van der Waals surface area contributed by atoms with Crippen LogP contribution in [-0.4, -0.2) is 0 Å². The van der Waals surface area contributed by atoms with E-state index in [9.17, 15) is 8.78 Å². The molecule has 0 saturated heterocycles. The van der Waals surface area contributed by atoms with Crippen LogP contribution < -0.4 is 0 Å². The van der Waals surface area contributed by atoms with Crippen molar-refractivity contribution in [2.24, 2.45) is 0 Å². The molecule has 0 radical (unpaired) electrons. The predicted molar refractivity (Wildman–Crippen MR) is 115 cm³/mol. The molecule has 0 amide bonds. The Kier molecular flexibility index (Phi) is 6.83. The third kappa shape index (κ3) is 5.81. The molecular formula is C27H22F2. The number of rotatable bonds is 3. The molecule has 29 heavy (non-hydrogen) atoms. The van der Waals surface area contributed by atoms with E-state index >= 15 is 0 Å². The molecule has 0 unspecified atom stereocenters. The molecule has 3 aromatic carbocycles. The maximum atomic E-state index is 13.6. The van der Waals surface area contributed by atoms with Gasteiger partial charge in [0.15, 0.2) is 0 Å². The average Bonchev–Trinajstić information content (AvgIpc) is 2.74. The van der Waals surface area contributed by atoms with Crippen LogP contribution in [0.5, 0.6) is 0 Å². The summed E-state index contributed by atoms with van der Waals surface area (Å²) in [5, 5.41) is 0. The number of hydrogen-bond donors (Lipinski definition) is 0. The summed E-state index contributed by atoms with van der Waals surface area (Å²) in [4.78, 5) is 0. The van der Waals surface area contributed by atoms with Gasteiger partial charge in [0.2, 0.25) is 0 Å². The van der Waals surface area contributed by atoms with E-state index in [2.05, 4.69) is 54.9 Å². The van der Waals surface area contributed by atoms with Crippen LogP contribution in [0.4, 0.5) is 8.78 Å². The van der Waals surface area contributed by atoms with Gasteiger partial charge in [-0.15, -0.1) is 0 Å².